The van der Waals surface area contributed by atoms with Crippen LogP contribution in [-0.2, 0) is 10.2 Å². The second-order valence-corrected chi connectivity index (χ2v) is 9.20. The second kappa shape index (κ2) is 11.9. The van der Waals surface area contributed by atoms with Gasteiger partial charge < -0.3 is 15.1 Å². The monoisotopic (exact) mass is 450 g/mol. The lowest BCUT2D eigenvalue weighted by molar-refractivity contribution is -0.116. The summed E-state index contributed by atoms with van der Waals surface area (Å²) in [5.41, 5.74) is 1.30. The van der Waals surface area contributed by atoms with Crippen molar-refractivity contribution in [2.45, 2.75) is 38.5 Å². The van der Waals surface area contributed by atoms with Crippen LogP contribution < -0.4 is 5.32 Å². The molecule has 2 aromatic rings. The Kier molecular flexibility index (Phi) is 8.99. The summed E-state index contributed by atoms with van der Waals surface area (Å²) in [6.07, 6.45) is 2.27. The standard InChI is InChI=1S/C27H35FN4O/c1-22(2)27(21-29,23-7-4-3-5-8-23)14-6-15-31-17-19-32(20-18-31)16-13-26(33)30-25-11-9-24(28)10-12-25/h3-5,7-12,22H,6,13-20H2,1-2H3,(H,30,33). The van der Waals surface area contributed by atoms with E-state index in [9.17, 15) is 14.4 Å². The Hall–Kier alpha value is -2.75. The summed E-state index contributed by atoms with van der Waals surface area (Å²) in [6, 6.07) is 18.7. The minimum absolute atomic E-state index is 0.0496. The summed E-state index contributed by atoms with van der Waals surface area (Å²) in [6.45, 7) is 9.83. The fourth-order valence-electron chi connectivity index (χ4n) is 4.59. The van der Waals surface area contributed by atoms with Crippen LogP contribution in [0, 0.1) is 23.1 Å². The molecular weight excluding hydrogens is 415 g/mol. The maximum atomic E-state index is 13.0. The molecule has 33 heavy (non-hydrogen) atoms. The molecule has 0 aliphatic carbocycles. The number of nitrogens with one attached hydrogen (secondary N) is 1. The number of halogens is 1. The van der Waals surface area contributed by atoms with Gasteiger partial charge in [0.2, 0.25) is 5.91 Å². The highest BCUT2D eigenvalue weighted by atomic mass is 19.1. The van der Waals surface area contributed by atoms with E-state index in [1.807, 2.05) is 18.2 Å². The highest BCUT2D eigenvalue weighted by Crippen LogP contribution is 2.36. The van der Waals surface area contributed by atoms with Crippen LogP contribution in [0.5, 0.6) is 0 Å². The third kappa shape index (κ3) is 6.86. The molecule has 0 radical (unpaired) electrons. The average Bonchev–Trinajstić information content (AvgIpc) is 2.83. The van der Waals surface area contributed by atoms with Crippen molar-refractivity contribution in [1.29, 1.82) is 5.26 Å². The van der Waals surface area contributed by atoms with E-state index >= 15 is 0 Å². The molecule has 1 atom stereocenters. The van der Waals surface area contributed by atoms with E-state index in [4.69, 9.17) is 0 Å². The van der Waals surface area contributed by atoms with Crippen molar-refractivity contribution >= 4 is 11.6 Å². The molecule has 1 aliphatic rings. The minimum Gasteiger partial charge on any atom is -0.326 e. The van der Waals surface area contributed by atoms with Gasteiger partial charge in [0, 0.05) is 44.8 Å². The molecule has 0 bridgehead atoms. The van der Waals surface area contributed by atoms with Crippen molar-refractivity contribution in [3.8, 4) is 6.07 Å². The zero-order chi connectivity index (χ0) is 23.7. The summed E-state index contributed by atoms with van der Waals surface area (Å²) < 4.78 is 13.0. The lowest BCUT2D eigenvalue weighted by Gasteiger charge is -2.36. The van der Waals surface area contributed by atoms with Crippen molar-refractivity contribution in [3.05, 3.63) is 66.0 Å². The van der Waals surface area contributed by atoms with Gasteiger partial charge in [-0.3, -0.25) is 4.79 Å². The third-order valence-corrected chi connectivity index (χ3v) is 6.77. The molecule has 0 saturated carbocycles. The van der Waals surface area contributed by atoms with E-state index in [2.05, 4.69) is 47.2 Å². The molecular formula is C27H35FN4O. The van der Waals surface area contributed by atoms with Gasteiger partial charge in [-0.25, -0.2) is 4.39 Å². The summed E-state index contributed by atoms with van der Waals surface area (Å²) in [4.78, 5) is 17.0. The van der Waals surface area contributed by atoms with Gasteiger partial charge in [0.15, 0.2) is 0 Å². The molecule has 1 unspecified atom stereocenters. The number of rotatable bonds is 10. The Balaban J connectivity index is 1.39. The molecule has 1 amide bonds. The number of anilines is 1. The second-order valence-electron chi connectivity index (χ2n) is 9.20. The van der Waals surface area contributed by atoms with Crippen LogP contribution in [0.4, 0.5) is 10.1 Å². The molecule has 1 heterocycles. The van der Waals surface area contributed by atoms with Gasteiger partial charge in [-0.05, 0) is 55.1 Å². The van der Waals surface area contributed by atoms with Crippen LogP contribution in [0.2, 0.25) is 0 Å². The van der Waals surface area contributed by atoms with E-state index in [0.717, 1.165) is 57.7 Å². The quantitative estimate of drug-likeness (QED) is 0.572. The van der Waals surface area contributed by atoms with Gasteiger partial charge in [0.1, 0.15) is 5.82 Å². The maximum Gasteiger partial charge on any atom is 0.225 e. The predicted molar refractivity (Wildman–Crippen MR) is 130 cm³/mol. The lowest BCUT2D eigenvalue weighted by Crippen LogP contribution is -2.47. The van der Waals surface area contributed by atoms with Crippen molar-refractivity contribution in [2.24, 2.45) is 5.92 Å². The predicted octanol–water partition coefficient (Wildman–Crippen LogP) is 4.67. The van der Waals surface area contributed by atoms with Crippen molar-refractivity contribution in [1.82, 2.24) is 9.80 Å². The van der Waals surface area contributed by atoms with Crippen LogP contribution >= 0.6 is 0 Å². The first-order valence-electron chi connectivity index (χ1n) is 11.9. The first-order chi connectivity index (χ1) is 15.9. The van der Waals surface area contributed by atoms with Gasteiger partial charge in [0.25, 0.3) is 0 Å². The lowest BCUT2D eigenvalue weighted by atomic mass is 9.70. The Morgan fingerprint density at radius 1 is 1.03 bits per heavy atom. The molecule has 0 spiro atoms. The van der Waals surface area contributed by atoms with Crippen molar-refractivity contribution in [3.63, 3.8) is 0 Å². The van der Waals surface area contributed by atoms with E-state index in [0.29, 0.717) is 12.1 Å². The molecule has 1 fully saturated rings. The van der Waals surface area contributed by atoms with E-state index in [1.54, 1.807) is 12.1 Å². The Labute approximate surface area is 197 Å². The van der Waals surface area contributed by atoms with Crippen LogP contribution in [0.1, 0.15) is 38.7 Å². The number of hydrogen-bond acceptors (Lipinski definition) is 4. The van der Waals surface area contributed by atoms with E-state index < -0.39 is 5.41 Å². The van der Waals surface area contributed by atoms with Gasteiger partial charge in [0.05, 0.1) is 11.5 Å². The molecule has 1 saturated heterocycles. The first-order valence-corrected chi connectivity index (χ1v) is 11.9. The Morgan fingerprint density at radius 2 is 1.64 bits per heavy atom. The van der Waals surface area contributed by atoms with E-state index in [-0.39, 0.29) is 17.6 Å². The number of hydrogen-bond donors (Lipinski definition) is 1. The topological polar surface area (TPSA) is 59.4 Å². The van der Waals surface area contributed by atoms with Gasteiger partial charge >= 0.3 is 0 Å². The van der Waals surface area contributed by atoms with Gasteiger partial charge in [-0.2, -0.15) is 5.26 Å². The summed E-state index contributed by atoms with van der Waals surface area (Å²) in [7, 11) is 0. The third-order valence-electron chi connectivity index (χ3n) is 6.77. The van der Waals surface area contributed by atoms with Crippen LogP contribution in [0.15, 0.2) is 54.6 Å². The number of amides is 1. The van der Waals surface area contributed by atoms with Gasteiger partial charge in [-0.15, -0.1) is 0 Å². The molecule has 6 heteroatoms. The summed E-state index contributed by atoms with van der Waals surface area (Å²) in [5, 5.41) is 12.9. The number of benzene rings is 2. The van der Waals surface area contributed by atoms with Crippen LogP contribution in [0.3, 0.4) is 0 Å². The highest BCUT2D eigenvalue weighted by Gasteiger charge is 2.35. The number of carbonyl (C=O) groups is 1. The summed E-state index contributed by atoms with van der Waals surface area (Å²) >= 11 is 0. The van der Waals surface area contributed by atoms with Crippen molar-refractivity contribution < 1.29 is 9.18 Å². The van der Waals surface area contributed by atoms with E-state index in [1.165, 1.54) is 12.1 Å². The fraction of sp³-hybridized carbons (Fsp3) is 0.481. The van der Waals surface area contributed by atoms with Gasteiger partial charge in [-0.1, -0.05) is 44.2 Å². The van der Waals surface area contributed by atoms with Crippen LogP contribution in [-0.4, -0.2) is 55.0 Å². The molecule has 2 aromatic carbocycles. The molecule has 1 N–H and O–H groups in total. The molecule has 176 valence electrons. The Morgan fingerprint density at radius 3 is 2.21 bits per heavy atom. The number of piperazine rings is 1. The Bertz CT molecular complexity index is 917. The highest BCUT2D eigenvalue weighted by molar-refractivity contribution is 5.90. The molecule has 1 aliphatic heterocycles. The first kappa shape index (κ1) is 24.9. The average molecular weight is 451 g/mol. The minimum atomic E-state index is -0.443. The number of nitriles is 1. The molecule has 0 aromatic heterocycles. The molecule has 5 nitrogen and oxygen atoms in total. The van der Waals surface area contributed by atoms with Crippen molar-refractivity contribution in [2.75, 3.05) is 44.6 Å². The molecule has 3 rings (SSSR count). The number of nitrogens with zero attached hydrogens (tertiary/aromatic N) is 3. The zero-order valence-corrected chi connectivity index (χ0v) is 19.8. The largest absolute Gasteiger partial charge is 0.326 e. The SMILES string of the molecule is CC(C)C(C#N)(CCCN1CCN(CCC(=O)Nc2ccc(F)cc2)CC1)c1ccccc1. The summed E-state index contributed by atoms with van der Waals surface area (Å²) in [5.74, 6) is -0.109. The normalized spacial score (nSPS) is 16.8. The fourth-order valence-corrected chi connectivity index (χ4v) is 4.59. The maximum absolute atomic E-state index is 13.0. The van der Waals surface area contributed by atoms with Crippen LogP contribution in [0.25, 0.3) is 0 Å². The smallest absolute Gasteiger partial charge is 0.225 e. The zero-order valence-electron chi connectivity index (χ0n) is 19.8. The number of carbonyl (C=O) groups excluding carboxylic acids is 1.